The molecule has 1 aliphatic carbocycles. The summed E-state index contributed by atoms with van der Waals surface area (Å²) in [4.78, 5) is 23.9. The third kappa shape index (κ3) is 4.95. The predicted molar refractivity (Wildman–Crippen MR) is 95.2 cm³/mol. The number of nitrogens with one attached hydrogen (secondary N) is 3. The first kappa shape index (κ1) is 17.7. The Labute approximate surface area is 148 Å². The summed E-state index contributed by atoms with van der Waals surface area (Å²) >= 11 is 0. The van der Waals surface area contributed by atoms with Crippen LogP contribution in [0.2, 0.25) is 0 Å². The van der Waals surface area contributed by atoms with Crippen molar-refractivity contribution in [1.82, 2.24) is 16.0 Å². The van der Waals surface area contributed by atoms with E-state index in [2.05, 4.69) is 16.0 Å². The minimum Gasteiger partial charge on any atom is -0.484 e. The molecule has 6 heteroatoms. The average molecular weight is 345 g/mol. The molecule has 136 valence electrons. The third-order valence-electron chi connectivity index (χ3n) is 4.98. The lowest BCUT2D eigenvalue weighted by Crippen LogP contribution is -2.49. The fourth-order valence-electron chi connectivity index (χ4n) is 2.81. The maximum Gasteiger partial charge on any atom is 0.258 e. The second-order valence-electron chi connectivity index (χ2n) is 7.14. The first-order valence-corrected chi connectivity index (χ1v) is 9.06. The number of amides is 2. The molecule has 25 heavy (non-hydrogen) atoms. The molecule has 6 nitrogen and oxygen atoms in total. The molecule has 0 bridgehead atoms. The number of ether oxygens (including phenoxy) is 1. The van der Waals surface area contributed by atoms with E-state index >= 15 is 0 Å². The van der Waals surface area contributed by atoms with Crippen LogP contribution in [0.1, 0.15) is 38.3 Å². The van der Waals surface area contributed by atoms with Gasteiger partial charge in [-0.25, -0.2) is 0 Å². The molecule has 1 heterocycles. The van der Waals surface area contributed by atoms with Gasteiger partial charge in [0.2, 0.25) is 5.91 Å². The predicted octanol–water partition coefficient (Wildman–Crippen LogP) is 1.38. The molecule has 0 radical (unpaired) electrons. The summed E-state index contributed by atoms with van der Waals surface area (Å²) in [6.45, 7) is 5.83. The van der Waals surface area contributed by atoms with Gasteiger partial charge in [0.05, 0.1) is 6.04 Å². The molecule has 2 atom stereocenters. The zero-order chi connectivity index (χ0) is 17.8. The average Bonchev–Trinajstić information content (AvgIpc) is 3.35. The molecule has 2 fully saturated rings. The fraction of sp³-hybridized carbons (Fsp3) is 0.579. The highest BCUT2D eigenvalue weighted by molar-refractivity contribution is 5.79. The van der Waals surface area contributed by atoms with Crippen molar-refractivity contribution in [1.29, 1.82) is 0 Å². The zero-order valence-corrected chi connectivity index (χ0v) is 14.9. The van der Waals surface area contributed by atoms with E-state index in [4.69, 9.17) is 4.74 Å². The highest BCUT2D eigenvalue weighted by Gasteiger charge is 2.29. The summed E-state index contributed by atoms with van der Waals surface area (Å²) in [7, 11) is 0. The number of benzene rings is 1. The Balaban J connectivity index is 1.45. The lowest BCUT2D eigenvalue weighted by Gasteiger charge is -2.32. The first-order valence-electron chi connectivity index (χ1n) is 9.06. The van der Waals surface area contributed by atoms with Crippen LogP contribution in [0.25, 0.3) is 0 Å². The number of hydrogen-bond acceptors (Lipinski definition) is 4. The Morgan fingerprint density at radius 2 is 1.88 bits per heavy atom. The summed E-state index contributed by atoms with van der Waals surface area (Å²) in [5.74, 6) is 1.13. The van der Waals surface area contributed by atoms with Crippen molar-refractivity contribution in [2.24, 2.45) is 11.8 Å². The molecule has 1 aromatic carbocycles. The number of carbonyl (C=O) groups excluding carboxylic acids is 2. The molecule has 3 rings (SSSR count). The second-order valence-corrected chi connectivity index (χ2v) is 7.14. The van der Waals surface area contributed by atoms with Crippen molar-refractivity contribution < 1.29 is 14.3 Å². The first-order chi connectivity index (χ1) is 12.0. The van der Waals surface area contributed by atoms with Crippen molar-refractivity contribution in [2.45, 2.75) is 38.8 Å². The SMILES string of the molecule is CC(NC(=O)C(C)C1CNC1)c1ccc(OCC(=O)NC2CC2)cc1. The van der Waals surface area contributed by atoms with Gasteiger partial charge in [0.25, 0.3) is 5.91 Å². The molecule has 0 aromatic heterocycles. The van der Waals surface area contributed by atoms with Gasteiger partial charge in [0, 0.05) is 12.0 Å². The smallest absolute Gasteiger partial charge is 0.258 e. The molecule has 1 aromatic rings. The Morgan fingerprint density at radius 1 is 1.20 bits per heavy atom. The van der Waals surface area contributed by atoms with E-state index < -0.39 is 0 Å². The minimum absolute atomic E-state index is 0.0243. The van der Waals surface area contributed by atoms with Crippen LogP contribution < -0.4 is 20.7 Å². The second kappa shape index (κ2) is 7.87. The maximum atomic E-state index is 12.3. The molecule has 3 N–H and O–H groups in total. The Bertz CT molecular complexity index is 609. The van der Waals surface area contributed by atoms with E-state index in [1.807, 2.05) is 38.1 Å². The summed E-state index contributed by atoms with van der Waals surface area (Å²) in [6, 6.07) is 7.81. The van der Waals surface area contributed by atoms with E-state index in [1.54, 1.807) is 0 Å². The summed E-state index contributed by atoms with van der Waals surface area (Å²) in [5, 5.41) is 9.16. The van der Waals surface area contributed by atoms with Gasteiger partial charge in [0.1, 0.15) is 5.75 Å². The number of carbonyl (C=O) groups is 2. The number of rotatable bonds is 8. The van der Waals surface area contributed by atoms with E-state index in [0.717, 1.165) is 31.5 Å². The quantitative estimate of drug-likeness (QED) is 0.665. The van der Waals surface area contributed by atoms with Gasteiger partial charge in [-0.1, -0.05) is 19.1 Å². The van der Waals surface area contributed by atoms with E-state index in [0.29, 0.717) is 17.7 Å². The van der Waals surface area contributed by atoms with Gasteiger partial charge >= 0.3 is 0 Å². The monoisotopic (exact) mass is 345 g/mol. The van der Waals surface area contributed by atoms with Crippen LogP contribution in [0.15, 0.2) is 24.3 Å². The highest BCUT2D eigenvalue weighted by Crippen LogP contribution is 2.21. The van der Waals surface area contributed by atoms with Crippen LogP contribution in [-0.2, 0) is 9.59 Å². The highest BCUT2D eigenvalue weighted by atomic mass is 16.5. The molecule has 2 amide bonds. The summed E-state index contributed by atoms with van der Waals surface area (Å²) in [5.41, 5.74) is 1.02. The van der Waals surface area contributed by atoms with Gasteiger partial charge < -0.3 is 20.7 Å². The zero-order valence-electron chi connectivity index (χ0n) is 14.9. The largest absolute Gasteiger partial charge is 0.484 e. The van der Waals surface area contributed by atoms with Gasteiger partial charge in [-0.3, -0.25) is 9.59 Å². The van der Waals surface area contributed by atoms with E-state index in [1.165, 1.54) is 0 Å². The number of hydrogen-bond donors (Lipinski definition) is 3. The van der Waals surface area contributed by atoms with Crippen molar-refractivity contribution in [3.8, 4) is 5.75 Å². The van der Waals surface area contributed by atoms with Crippen LogP contribution >= 0.6 is 0 Å². The molecule has 1 saturated carbocycles. The summed E-state index contributed by atoms with van der Waals surface area (Å²) in [6.07, 6.45) is 2.14. The molecular weight excluding hydrogens is 318 g/mol. The summed E-state index contributed by atoms with van der Waals surface area (Å²) < 4.78 is 5.50. The van der Waals surface area contributed by atoms with Crippen molar-refractivity contribution in [3.05, 3.63) is 29.8 Å². The molecule has 2 unspecified atom stereocenters. The van der Waals surface area contributed by atoms with E-state index in [-0.39, 0.29) is 30.4 Å². The maximum absolute atomic E-state index is 12.3. The van der Waals surface area contributed by atoms with Crippen LogP contribution in [0.4, 0.5) is 0 Å². The molecule has 2 aliphatic rings. The third-order valence-corrected chi connectivity index (χ3v) is 4.98. The van der Waals surface area contributed by atoms with Crippen molar-refractivity contribution in [3.63, 3.8) is 0 Å². The topological polar surface area (TPSA) is 79.5 Å². The minimum atomic E-state index is -0.0771. The standard InChI is InChI=1S/C19H27N3O3/c1-12(15-9-20-10-15)19(24)21-13(2)14-3-7-17(8-4-14)25-11-18(23)22-16-5-6-16/h3-4,7-8,12-13,15-16,20H,5-6,9-11H2,1-2H3,(H,21,24)(H,22,23). The van der Waals surface area contributed by atoms with Gasteiger partial charge in [0.15, 0.2) is 6.61 Å². The Hall–Kier alpha value is -2.08. The molecular formula is C19H27N3O3. The van der Waals surface area contributed by atoms with Crippen molar-refractivity contribution in [2.75, 3.05) is 19.7 Å². The fourth-order valence-corrected chi connectivity index (χ4v) is 2.81. The van der Waals surface area contributed by atoms with E-state index in [9.17, 15) is 9.59 Å². The van der Waals surface area contributed by atoms with Crippen molar-refractivity contribution >= 4 is 11.8 Å². The Morgan fingerprint density at radius 3 is 2.44 bits per heavy atom. The normalized spacial score (nSPS) is 19.4. The van der Waals surface area contributed by atoms with Crippen LogP contribution in [0.5, 0.6) is 5.75 Å². The lowest BCUT2D eigenvalue weighted by molar-refractivity contribution is -0.127. The Kier molecular flexibility index (Phi) is 5.58. The molecule has 0 spiro atoms. The van der Waals surface area contributed by atoms with Crippen LogP contribution in [-0.4, -0.2) is 37.6 Å². The molecule has 1 saturated heterocycles. The van der Waals surface area contributed by atoms with Crippen LogP contribution in [0.3, 0.4) is 0 Å². The lowest BCUT2D eigenvalue weighted by atomic mass is 9.88. The van der Waals surface area contributed by atoms with Gasteiger partial charge in [-0.2, -0.15) is 0 Å². The van der Waals surface area contributed by atoms with Gasteiger partial charge in [-0.05, 0) is 56.5 Å². The van der Waals surface area contributed by atoms with Crippen LogP contribution in [0, 0.1) is 11.8 Å². The molecule has 1 aliphatic heterocycles. The van der Waals surface area contributed by atoms with Gasteiger partial charge in [-0.15, -0.1) is 0 Å².